The first kappa shape index (κ1) is 14.8. The Morgan fingerprint density at radius 3 is 2.47 bits per heavy atom. The first-order valence-corrected chi connectivity index (χ1v) is 5.73. The minimum absolute atomic E-state index is 0.264. The van der Waals surface area contributed by atoms with Crippen LogP contribution in [0.4, 0.5) is 0 Å². The molecule has 0 heterocycles. The van der Waals surface area contributed by atoms with E-state index < -0.39 is 0 Å². The zero-order valence-electron chi connectivity index (χ0n) is 10.3. The third kappa shape index (κ3) is 10.1. The molecule has 0 bridgehead atoms. The lowest BCUT2D eigenvalue weighted by molar-refractivity contribution is 0.0570. The van der Waals surface area contributed by atoms with Crippen LogP contribution in [-0.2, 0) is 9.47 Å². The Morgan fingerprint density at radius 2 is 1.93 bits per heavy atom. The van der Waals surface area contributed by atoms with Gasteiger partial charge in [0.25, 0.3) is 0 Å². The summed E-state index contributed by atoms with van der Waals surface area (Å²) in [7, 11) is 1.67. The summed E-state index contributed by atoms with van der Waals surface area (Å²) in [5.41, 5.74) is 2.79. The zero-order valence-corrected chi connectivity index (χ0v) is 10.3. The number of methoxy groups -OCH3 is 1. The second kappa shape index (κ2) is 10.4. The maximum atomic E-state index is 5.44. The number of hydrogen-bond donors (Lipinski definition) is 2. The summed E-state index contributed by atoms with van der Waals surface area (Å²) in [5.74, 6) is 6.21. The molecule has 0 aromatic rings. The van der Waals surface area contributed by atoms with E-state index in [4.69, 9.17) is 15.3 Å². The normalized spacial score (nSPS) is 13.4. The van der Waals surface area contributed by atoms with E-state index in [9.17, 15) is 0 Å². The Kier molecular flexibility index (Phi) is 10.3. The van der Waals surface area contributed by atoms with E-state index >= 15 is 0 Å². The highest BCUT2D eigenvalue weighted by molar-refractivity contribution is 4.63. The summed E-state index contributed by atoms with van der Waals surface area (Å²) in [6, 6.07) is 0.264. The molecule has 0 saturated heterocycles. The molecule has 15 heavy (non-hydrogen) atoms. The van der Waals surface area contributed by atoms with E-state index in [1.807, 2.05) is 0 Å². The summed E-state index contributed by atoms with van der Waals surface area (Å²) in [6.07, 6.45) is 3.51. The van der Waals surface area contributed by atoms with Crippen LogP contribution in [0.1, 0.15) is 33.1 Å². The Hall–Kier alpha value is -0.160. The number of nitrogens with one attached hydrogen (secondary N) is 1. The average Bonchev–Trinajstić information content (AvgIpc) is 2.21. The van der Waals surface area contributed by atoms with E-state index in [2.05, 4.69) is 19.3 Å². The molecule has 4 heteroatoms. The van der Waals surface area contributed by atoms with Crippen LogP contribution in [0.3, 0.4) is 0 Å². The fourth-order valence-electron chi connectivity index (χ4n) is 1.36. The maximum absolute atomic E-state index is 5.44. The molecule has 0 aliphatic heterocycles. The Labute approximate surface area is 93.5 Å². The number of nitrogens with two attached hydrogens (primary N) is 1. The second-order valence-electron chi connectivity index (χ2n) is 4.26. The third-order valence-electron chi connectivity index (χ3n) is 2.32. The minimum atomic E-state index is 0.264. The molecule has 92 valence electrons. The lowest BCUT2D eigenvalue weighted by Gasteiger charge is -2.16. The van der Waals surface area contributed by atoms with Crippen molar-refractivity contribution in [3.63, 3.8) is 0 Å². The lowest BCUT2D eigenvalue weighted by atomic mass is 10.0. The van der Waals surface area contributed by atoms with E-state index in [1.165, 1.54) is 12.8 Å². The Balaban J connectivity index is 3.38. The molecule has 4 nitrogen and oxygen atoms in total. The highest BCUT2D eigenvalue weighted by Crippen LogP contribution is 2.08. The van der Waals surface area contributed by atoms with E-state index in [-0.39, 0.29) is 6.04 Å². The van der Waals surface area contributed by atoms with Crippen molar-refractivity contribution in [2.24, 2.45) is 11.8 Å². The summed E-state index contributed by atoms with van der Waals surface area (Å²) in [5, 5.41) is 0. The van der Waals surface area contributed by atoms with E-state index in [1.54, 1.807) is 7.11 Å². The van der Waals surface area contributed by atoms with Gasteiger partial charge in [0.1, 0.15) is 0 Å². The topological polar surface area (TPSA) is 56.5 Å². The van der Waals surface area contributed by atoms with Crippen molar-refractivity contribution in [3.05, 3.63) is 0 Å². The largest absolute Gasteiger partial charge is 0.382 e. The molecule has 0 amide bonds. The SMILES string of the molecule is COCCOCC(CCCC(C)C)NN. The average molecular weight is 218 g/mol. The highest BCUT2D eigenvalue weighted by Gasteiger charge is 2.06. The number of rotatable bonds is 10. The summed E-state index contributed by atoms with van der Waals surface area (Å²) in [6.45, 7) is 6.42. The first-order chi connectivity index (χ1) is 7.20. The molecule has 0 fully saturated rings. The lowest BCUT2D eigenvalue weighted by Crippen LogP contribution is -2.38. The highest BCUT2D eigenvalue weighted by atomic mass is 16.5. The van der Waals surface area contributed by atoms with Crippen molar-refractivity contribution in [2.75, 3.05) is 26.9 Å². The van der Waals surface area contributed by atoms with Crippen molar-refractivity contribution in [3.8, 4) is 0 Å². The van der Waals surface area contributed by atoms with Gasteiger partial charge in [0.2, 0.25) is 0 Å². The van der Waals surface area contributed by atoms with Crippen LogP contribution < -0.4 is 11.3 Å². The molecule has 1 unspecified atom stereocenters. The molecule has 0 saturated carbocycles. The van der Waals surface area contributed by atoms with Gasteiger partial charge in [-0.15, -0.1) is 0 Å². The molecule has 3 N–H and O–H groups in total. The monoisotopic (exact) mass is 218 g/mol. The van der Waals surface area contributed by atoms with Crippen LogP contribution in [0.25, 0.3) is 0 Å². The number of ether oxygens (including phenoxy) is 2. The fraction of sp³-hybridized carbons (Fsp3) is 1.00. The van der Waals surface area contributed by atoms with Crippen LogP contribution >= 0.6 is 0 Å². The van der Waals surface area contributed by atoms with Crippen molar-refractivity contribution in [2.45, 2.75) is 39.2 Å². The van der Waals surface area contributed by atoms with Gasteiger partial charge >= 0.3 is 0 Å². The van der Waals surface area contributed by atoms with Gasteiger partial charge in [0, 0.05) is 13.2 Å². The molecular weight excluding hydrogens is 192 g/mol. The predicted octanol–water partition coefficient (Wildman–Crippen LogP) is 1.31. The fourth-order valence-corrected chi connectivity index (χ4v) is 1.36. The first-order valence-electron chi connectivity index (χ1n) is 5.73. The molecule has 0 aromatic carbocycles. The van der Waals surface area contributed by atoms with E-state index in [0.29, 0.717) is 19.8 Å². The van der Waals surface area contributed by atoms with Gasteiger partial charge in [0.15, 0.2) is 0 Å². The van der Waals surface area contributed by atoms with Crippen LogP contribution in [0.2, 0.25) is 0 Å². The molecule has 0 aliphatic carbocycles. The van der Waals surface area contributed by atoms with Crippen molar-refractivity contribution < 1.29 is 9.47 Å². The third-order valence-corrected chi connectivity index (χ3v) is 2.32. The van der Waals surface area contributed by atoms with Crippen LogP contribution in [0, 0.1) is 5.92 Å². The molecular formula is C11H26N2O2. The summed E-state index contributed by atoms with van der Waals surface area (Å²) >= 11 is 0. The van der Waals surface area contributed by atoms with E-state index in [0.717, 1.165) is 12.3 Å². The van der Waals surface area contributed by atoms with Crippen LogP contribution in [-0.4, -0.2) is 33.0 Å². The Bertz CT molecular complexity index is 132. The van der Waals surface area contributed by atoms with Gasteiger partial charge in [-0.05, 0) is 12.3 Å². The predicted molar refractivity (Wildman–Crippen MR) is 62.5 cm³/mol. The molecule has 0 rings (SSSR count). The van der Waals surface area contributed by atoms with Gasteiger partial charge in [-0.3, -0.25) is 11.3 Å². The van der Waals surface area contributed by atoms with Crippen molar-refractivity contribution in [1.29, 1.82) is 0 Å². The Morgan fingerprint density at radius 1 is 1.20 bits per heavy atom. The van der Waals surface area contributed by atoms with Crippen LogP contribution in [0.15, 0.2) is 0 Å². The molecule has 0 radical (unpaired) electrons. The molecule has 0 aliphatic rings. The van der Waals surface area contributed by atoms with Gasteiger partial charge in [-0.25, -0.2) is 0 Å². The quantitative estimate of drug-likeness (QED) is 0.330. The molecule has 0 spiro atoms. The number of hydrogen-bond acceptors (Lipinski definition) is 4. The van der Waals surface area contributed by atoms with Gasteiger partial charge < -0.3 is 9.47 Å². The van der Waals surface area contributed by atoms with Crippen molar-refractivity contribution >= 4 is 0 Å². The maximum Gasteiger partial charge on any atom is 0.0701 e. The van der Waals surface area contributed by atoms with Gasteiger partial charge in [-0.2, -0.15) is 0 Å². The van der Waals surface area contributed by atoms with Crippen molar-refractivity contribution in [1.82, 2.24) is 5.43 Å². The summed E-state index contributed by atoms with van der Waals surface area (Å²) in [4.78, 5) is 0. The summed E-state index contributed by atoms with van der Waals surface area (Å²) < 4.78 is 10.3. The minimum Gasteiger partial charge on any atom is -0.382 e. The smallest absolute Gasteiger partial charge is 0.0701 e. The zero-order chi connectivity index (χ0) is 11.5. The van der Waals surface area contributed by atoms with Crippen LogP contribution in [0.5, 0.6) is 0 Å². The number of hydrazine groups is 1. The second-order valence-corrected chi connectivity index (χ2v) is 4.26. The molecule has 1 atom stereocenters. The van der Waals surface area contributed by atoms with Gasteiger partial charge in [-0.1, -0.05) is 26.7 Å². The van der Waals surface area contributed by atoms with Gasteiger partial charge in [0.05, 0.1) is 19.8 Å². The standard InChI is InChI=1S/C11H26N2O2/c1-10(2)5-4-6-11(13-12)9-15-8-7-14-3/h10-11,13H,4-9,12H2,1-3H3. The molecule has 0 aromatic heterocycles.